The molecule has 98 valence electrons. The van der Waals surface area contributed by atoms with Crippen LogP contribution in [0, 0.1) is 13.8 Å². The summed E-state index contributed by atoms with van der Waals surface area (Å²) in [6.07, 6.45) is 0. The lowest BCUT2D eigenvalue weighted by Crippen LogP contribution is -2.00. The molecular formula is C17H12O3. The maximum atomic E-state index is 12.1. The van der Waals surface area contributed by atoms with Crippen LogP contribution >= 0.6 is 0 Å². The van der Waals surface area contributed by atoms with Gasteiger partial charge in [0.1, 0.15) is 16.9 Å². The van der Waals surface area contributed by atoms with Gasteiger partial charge in [-0.2, -0.15) is 0 Å². The van der Waals surface area contributed by atoms with E-state index in [9.17, 15) is 4.79 Å². The first-order chi connectivity index (χ1) is 9.65. The van der Waals surface area contributed by atoms with E-state index in [0.29, 0.717) is 11.0 Å². The van der Waals surface area contributed by atoms with Crippen molar-refractivity contribution in [3.05, 3.63) is 58.1 Å². The first-order valence-corrected chi connectivity index (χ1v) is 6.50. The Labute approximate surface area is 114 Å². The summed E-state index contributed by atoms with van der Waals surface area (Å²) >= 11 is 0. The molecule has 4 rings (SSSR count). The van der Waals surface area contributed by atoms with Crippen molar-refractivity contribution in [2.24, 2.45) is 0 Å². The Balaban J connectivity index is 2.36. The molecule has 0 amide bonds. The third-order valence-corrected chi connectivity index (χ3v) is 3.74. The second-order valence-electron chi connectivity index (χ2n) is 5.09. The highest BCUT2D eigenvalue weighted by atomic mass is 16.4. The Kier molecular flexibility index (Phi) is 2.11. The molecule has 0 radical (unpaired) electrons. The summed E-state index contributed by atoms with van der Waals surface area (Å²) < 4.78 is 11.2. The van der Waals surface area contributed by atoms with Gasteiger partial charge in [-0.1, -0.05) is 18.2 Å². The van der Waals surface area contributed by atoms with Crippen molar-refractivity contribution in [3.63, 3.8) is 0 Å². The van der Waals surface area contributed by atoms with Gasteiger partial charge in [0.15, 0.2) is 0 Å². The van der Waals surface area contributed by atoms with Gasteiger partial charge in [-0.3, -0.25) is 0 Å². The molecule has 0 saturated carbocycles. The number of fused-ring (bicyclic) bond motifs is 4. The standard InChI is InChI=1S/C17H12O3/c1-9-7-11-8-14-12-5-3-4-6-13(12)17(18)20-16(14)10(2)15(11)19-9/h3-8H,1-2H3. The summed E-state index contributed by atoms with van der Waals surface area (Å²) in [5.41, 5.74) is 1.95. The van der Waals surface area contributed by atoms with Gasteiger partial charge < -0.3 is 8.83 Å². The lowest BCUT2D eigenvalue weighted by molar-refractivity contribution is 0.558. The van der Waals surface area contributed by atoms with E-state index in [2.05, 4.69) is 0 Å². The van der Waals surface area contributed by atoms with Crippen LogP contribution < -0.4 is 5.63 Å². The van der Waals surface area contributed by atoms with Crippen molar-refractivity contribution in [3.8, 4) is 0 Å². The molecular weight excluding hydrogens is 252 g/mol. The fourth-order valence-electron chi connectivity index (χ4n) is 2.84. The highest BCUT2D eigenvalue weighted by molar-refractivity contribution is 6.10. The van der Waals surface area contributed by atoms with E-state index in [1.165, 1.54) is 0 Å². The van der Waals surface area contributed by atoms with E-state index < -0.39 is 0 Å². The van der Waals surface area contributed by atoms with Crippen LogP contribution in [-0.2, 0) is 0 Å². The quantitative estimate of drug-likeness (QED) is 0.351. The Bertz CT molecular complexity index is 1030. The van der Waals surface area contributed by atoms with E-state index in [0.717, 1.165) is 33.1 Å². The first-order valence-electron chi connectivity index (χ1n) is 6.50. The molecule has 0 spiro atoms. The van der Waals surface area contributed by atoms with E-state index >= 15 is 0 Å². The van der Waals surface area contributed by atoms with Crippen molar-refractivity contribution in [1.82, 2.24) is 0 Å². The average molecular weight is 264 g/mol. The van der Waals surface area contributed by atoms with Crippen molar-refractivity contribution < 1.29 is 8.83 Å². The van der Waals surface area contributed by atoms with Gasteiger partial charge in [0, 0.05) is 16.3 Å². The molecule has 0 bridgehead atoms. The summed E-state index contributed by atoms with van der Waals surface area (Å²) in [5, 5.41) is 3.51. The Morgan fingerprint density at radius 2 is 1.60 bits per heavy atom. The summed E-state index contributed by atoms with van der Waals surface area (Å²) in [6, 6.07) is 11.6. The van der Waals surface area contributed by atoms with Crippen molar-refractivity contribution >= 4 is 32.7 Å². The van der Waals surface area contributed by atoms with Crippen LogP contribution in [0.25, 0.3) is 32.7 Å². The number of hydrogen-bond donors (Lipinski definition) is 0. The minimum Gasteiger partial charge on any atom is -0.461 e. The van der Waals surface area contributed by atoms with E-state index in [-0.39, 0.29) is 5.63 Å². The van der Waals surface area contributed by atoms with Crippen molar-refractivity contribution in [1.29, 1.82) is 0 Å². The van der Waals surface area contributed by atoms with Crippen LogP contribution in [0.15, 0.2) is 50.0 Å². The summed E-state index contributed by atoms with van der Waals surface area (Å²) in [4.78, 5) is 12.1. The van der Waals surface area contributed by atoms with Gasteiger partial charge in [0.2, 0.25) is 0 Å². The van der Waals surface area contributed by atoms with Gasteiger partial charge in [-0.05, 0) is 37.4 Å². The molecule has 0 saturated heterocycles. The average Bonchev–Trinajstić information content (AvgIpc) is 2.82. The molecule has 0 atom stereocenters. The molecule has 0 N–H and O–H groups in total. The van der Waals surface area contributed by atoms with Crippen LogP contribution in [-0.4, -0.2) is 0 Å². The van der Waals surface area contributed by atoms with Crippen LogP contribution in [0.2, 0.25) is 0 Å². The van der Waals surface area contributed by atoms with Gasteiger partial charge in [-0.25, -0.2) is 4.79 Å². The predicted molar refractivity (Wildman–Crippen MR) is 79.2 cm³/mol. The fourth-order valence-corrected chi connectivity index (χ4v) is 2.84. The van der Waals surface area contributed by atoms with Crippen molar-refractivity contribution in [2.75, 3.05) is 0 Å². The topological polar surface area (TPSA) is 43.4 Å². The number of rotatable bonds is 0. The zero-order valence-electron chi connectivity index (χ0n) is 11.2. The first kappa shape index (κ1) is 11.3. The second-order valence-corrected chi connectivity index (χ2v) is 5.09. The number of benzene rings is 2. The largest absolute Gasteiger partial charge is 0.461 e. The summed E-state index contributed by atoms with van der Waals surface area (Å²) in [5.74, 6) is 0.852. The smallest absolute Gasteiger partial charge is 0.344 e. The van der Waals surface area contributed by atoms with Gasteiger partial charge in [0.25, 0.3) is 0 Å². The van der Waals surface area contributed by atoms with Crippen LogP contribution in [0.3, 0.4) is 0 Å². The lowest BCUT2D eigenvalue weighted by atomic mass is 10.0. The molecule has 0 fully saturated rings. The maximum Gasteiger partial charge on any atom is 0.344 e. The Hall–Kier alpha value is -2.55. The molecule has 0 unspecified atom stereocenters. The Morgan fingerprint density at radius 3 is 2.40 bits per heavy atom. The normalized spacial score (nSPS) is 11.7. The zero-order valence-corrected chi connectivity index (χ0v) is 11.2. The SMILES string of the molecule is Cc1cc2cc3c(oc(=O)c4ccccc43)c(C)c2o1. The molecule has 20 heavy (non-hydrogen) atoms. The predicted octanol–water partition coefficient (Wildman–Crippen LogP) is 4.31. The summed E-state index contributed by atoms with van der Waals surface area (Å²) in [6.45, 7) is 3.84. The monoisotopic (exact) mass is 264 g/mol. The zero-order chi connectivity index (χ0) is 13.9. The third kappa shape index (κ3) is 1.37. The van der Waals surface area contributed by atoms with E-state index in [4.69, 9.17) is 8.83 Å². The molecule has 3 nitrogen and oxygen atoms in total. The van der Waals surface area contributed by atoms with E-state index in [1.807, 2.05) is 44.2 Å². The van der Waals surface area contributed by atoms with Gasteiger partial charge >= 0.3 is 5.63 Å². The number of aryl methyl sites for hydroxylation is 2. The number of hydrogen-bond acceptors (Lipinski definition) is 3. The molecule has 2 aromatic carbocycles. The molecule has 0 aliphatic rings. The van der Waals surface area contributed by atoms with Crippen LogP contribution in [0.4, 0.5) is 0 Å². The minimum atomic E-state index is -0.307. The highest BCUT2D eigenvalue weighted by Crippen LogP contribution is 2.32. The molecule has 4 aromatic rings. The molecule has 2 heterocycles. The third-order valence-electron chi connectivity index (χ3n) is 3.74. The Morgan fingerprint density at radius 1 is 0.850 bits per heavy atom. The van der Waals surface area contributed by atoms with Gasteiger partial charge in [-0.15, -0.1) is 0 Å². The fraction of sp³-hybridized carbons (Fsp3) is 0.118. The van der Waals surface area contributed by atoms with E-state index in [1.54, 1.807) is 6.07 Å². The maximum absolute atomic E-state index is 12.1. The molecule has 3 heteroatoms. The molecule has 0 aliphatic carbocycles. The highest BCUT2D eigenvalue weighted by Gasteiger charge is 2.14. The van der Waals surface area contributed by atoms with Crippen molar-refractivity contribution in [2.45, 2.75) is 13.8 Å². The minimum absolute atomic E-state index is 0.307. The van der Waals surface area contributed by atoms with Crippen LogP contribution in [0.5, 0.6) is 0 Å². The number of furan rings is 1. The molecule has 2 aromatic heterocycles. The second kappa shape index (κ2) is 3.73. The molecule has 0 aliphatic heterocycles. The summed E-state index contributed by atoms with van der Waals surface area (Å²) in [7, 11) is 0. The van der Waals surface area contributed by atoms with Crippen LogP contribution in [0.1, 0.15) is 11.3 Å². The lowest BCUT2D eigenvalue weighted by Gasteiger charge is -2.05. The van der Waals surface area contributed by atoms with Gasteiger partial charge in [0.05, 0.1) is 5.39 Å².